The second-order valence-corrected chi connectivity index (χ2v) is 11.7. The first kappa shape index (κ1) is 22.9. The Morgan fingerprint density at radius 1 is 1.03 bits per heavy atom. The third kappa shape index (κ3) is 4.19. The molecule has 0 saturated carbocycles. The van der Waals surface area contributed by atoms with E-state index in [2.05, 4.69) is 32.1 Å². The minimum atomic E-state index is -3.16. The predicted octanol–water partition coefficient (Wildman–Crippen LogP) is 6.01. The normalized spacial score (nSPS) is 22.0. The van der Waals surface area contributed by atoms with Gasteiger partial charge in [-0.1, -0.05) is 80.6 Å². The summed E-state index contributed by atoms with van der Waals surface area (Å²) in [5, 5.41) is 11.7. The molecule has 2 atom stereocenters. The number of phenols is 1. The molecule has 5 rings (SSSR count). The van der Waals surface area contributed by atoms with Crippen molar-refractivity contribution in [3.05, 3.63) is 89.0 Å². The van der Waals surface area contributed by atoms with E-state index in [0.717, 1.165) is 51.5 Å². The summed E-state index contributed by atoms with van der Waals surface area (Å²) < 4.78 is 31.5. The number of ether oxygens (including phenoxy) is 1. The highest BCUT2D eigenvalue weighted by atomic mass is 32.2. The van der Waals surface area contributed by atoms with Gasteiger partial charge in [0.1, 0.15) is 11.0 Å². The van der Waals surface area contributed by atoms with Crippen molar-refractivity contribution < 1.29 is 18.3 Å². The molecule has 0 bridgehead atoms. The molecule has 1 saturated heterocycles. The lowest BCUT2D eigenvalue weighted by atomic mass is 9.90. The quantitative estimate of drug-likeness (QED) is 0.351. The largest absolute Gasteiger partial charge is 0.507 e. The predicted molar refractivity (Wildman–Crippen MR) is 138 cm³/mol. The molecule has 0 unspecified atom stereocenters. The van der Waals surface area contributed by atoms with Gasteiger partial charge in [0.25, 0.3) is 0 Å². The molecule has 2 aliphatic rings. The zero-order valence-corrected chi connectivity index (χ0v) is 20.4. The molecule has 2 aliphatic heterocycles. The van der Waals surface area contributed by atoms with E-state index in [1.165, 1.54) is 0 Å². The Kier molecular flexibility index (Phi) is 6.09. The van der Waals surface area contributed by atoms with Gasteiger partial charge in [-0.2, -0.15) is 0 Å². The van der Waals surface area contributed by atoms with Crippen LogP contribution in [-0.2, 0) is 14.6 Å². The SMILES string of the molecule is CC(C)C1=C2[C@@H](CC/C(=C/c3ccc(O)c4ccccc34)c3ccccc3)OC[C@@H]2S(=O)(=O)C1. The molecule has 0 radical (unpaired) electrons. The Hall–Kier alpha value is -2.89. The third-order valence-electron chi connectivity index (χ3n) is 7.09. The van der Waals surface area contributed by atoms with E-state index in [-0.39, 0.29) is 30.1 Å². The number of rotatable bonds is 6. The molecular weight excluding hydrogens is 444 g/mol. The van der Waals surface area contributed by atoms with Crippen molar-refractivity contribution in [3.8, 4) is 5.75 Å². The molecular formula is C29H30O4S. The lowest BCUT2D eigenvalue weighted by Crippen LogP contribution is -2.19. The van der Waals surface area contributed by atoms with Crippen molar-refractivity contribution in [2.24, 2.45) is 5.92 Å². The highest BCUT2D eigenvalue weighted by Gasteiger charge is 2.47. The molecule has 0 aliphatic carbocycles. The average Bonchev–Trinajstić information content (AvgIpc) is 3.38. The molecule has 3 aromatic carbocycles. The van der Waals surface area contributed by atoms with E-state index in [4.69, 9.17) is 4.74 Å². The second kappa shape index (κ2) is 9.05. The van der Waals surface area contributed by atoms with Crippen LogP contribution < -0.4 is 0 Å². The summed E-state index contributed by atoms with van der Waals surface area (Å²) in [6, 6.07) is 21.8. The van der Waals surface area contributed by atoms with Crippen LogP contribution in [0.5, 0.6) is 5.75 Å². The van der Waals surface area contributed by atoms with Crippen LogP contribution in [0.4, 0.5) is 0 Å². The van der Waals surface area contributed by atoms with Crippen molar-refractivity contribution in [2.45, 2.75) is 38.0 Å². The van der Waals surface area contributed by atoms with Crippen LogP contribution in [0, 0.1) is 5.92 Å². The first-order valence-electron chi connectivity index (χ1n) is 11.9. The zero-order chi connectivity index (χ0) is 23.9. The van der Waals surface area contributed by atoms with E-state index in [1.54, 1.807) is 6.07 Å². The van der Waals surface area contributed by atoms with Crippen LogP contribution in [0.3, 0.4) is 0 Å². The van der Waals surface area contributed by atoms with Gasteiger partial charge in [0, 0.05) is 5.39 Å². The molecule has 34 heavy (non-hydrogen) atoms. The van der Waals surface area contributed by atoms with Crippen LogP contribution in [-0.4, -0.2) is 37.2 Å². The number of allylic oxidation sites excluding steroid dienone is 1. The number of fused-ring (bicyclic) bond motifs is 2. The molecule has 1 fully saturated rings. The van der Waals surface area contributed by atoms with Gasteiger partial charge in [0.2, 0.25) is 0 Å². The number of phenolic OH excluding ortho intramolecular Hbond substituents is 1. The fourth-order valence-corrected chi connectivity index (χ4v) is 7.41. The smallest absolute Gasteiger partial charge is 0.163 e. The van der Waals surface area contributed by atoms with E-state index < -0.39 is 15.1 Å². The number of hydrogen-bond acceptors (Lipinski definition) is 4. The van der Waals surface area contributed by atoms with Gasteiger partial charge < -0.3 is 9.84 Å². The lowest BCUT2D eigenvalue weighted by molar-refractivity contribution is 0.118. The van der Waals surface area contributed by atoms with E-state index >= 15 is 0 Å². The first-order valence-corrected chi connectivity index (χ1v) is 13.6. The van der Waals surface area contributed by atoms with Crippen molar-refractivity contribution >= 4 is 32.3 Å². The van der Waals surface area contributed by atoms with Crippen LogP contribution in [0.1, 0.15) is 37.8 Å². The molecule has 0 amide bonds. The fourth-order valence-electron chi connectivity index (χ4n) is 5.30. The van der Waals surface area contributed by atoms with Crippen molar-refractivity contribution in [1.29, 1.82) is 0 Å². The number of benzene rings is 3. The van der Waals surface area contributed by atoms with E-state index in [9.17, 15) is 13.5 Å². The van der Waals surface area contributed by atoms with E-state index in [1.807, 2.05) is 48.5 Å². The Labute approximate surface area is 201 Å². The fraction of sp³-hybridized carbons (Fsp3) is 0.310. The summed E-state index contributed by atoms with van der Waals surface area (Å²) in [4.78, 5) is 0. The highest BCUT2D eigenvalue weighted by Crippen LogP contribution is 2.41. The Balaban J connectivity index is 1.50. The molecule has 4 nitrogen and oxygen atoms in total. The minimum absolute atomic E-state index is 0.164. The van der Waals surface area contributed by atoms with Crippen LogP contribution in [0.25, 0.3) is 22.4 Å². The molecule has 2 heterocycles. The van der Waals surface area contributed by atoms with Gasteiger partial charge in [0.05, 0.1) is 18.5 Å². The van der Waals surface area contributed by atoms with Crippen molar-refractivity contribution in [3.63, 3.8) is 0 Å². The molecule has 1 N–H and O–H groups in total. The standard InChI is InChI=1S/C29H30O4S/c1-19(2)25-18-34(31,32)28-17-33-27(29(25)28)15-13-21(20-8-4-3-5-9-20)16-22-12-14-26(30)24-11-7-6-10-23(22)24/h3-12,14,16,19,27-28,30H,13,15,17-18H2,1-2H3/b21-16-/t27-,28+/m1/s1. The Morgan fingerprint density at radius 2 is 1.74 bits per heavy atom. The van der Waals surface area contributed by atoms with Gasteiger partial charge in [0.15, 0.2) is 9.84 Å². The average molecular weight is 475 g/mol. The topological polar surface area (TPSA) is 63.6 Å². The lowest BCUT2D eigenvalue weighted by Gasteiger charge is -2.17. The molecule has 0 aromatic heterocycles. The molecule has 5 heteroatoms. The van der Waals surface area contributed by atoms with Crippen molar-refractivity contribution in [1.82, 2.24) is 0 Å². The number of sulfone groups is 1. The molecule has 0 spiro atoms. The van der Waals surface area contributed by atoms with Crippen molar-refractivity contribution in [2.75, 3.05) is 12.4 Å². The summed E-state index contributed by atoms with van der Waals surface area (Å²) in [6.45, 7) is 4.41. The third-order valence-corrected chi connectivity index (χ3v) is 9.06. The van der Waals surface area contributed by atoms with Gasteiger partial charge in [-0.3, -0.25) is 0 Å². The van der Waals surface area contributed by atoms with Crippen LogP contribution in [0.15, 0.2) is 77.9 Å². The van der Waals surface area contributed by atoms with Gasteiger partial charge in [-0.05, 0) is 58.1 Å². The maximum Gasteiger partial charge on any atom is 0.163 e. The summed E-state index contributed by atoms with van der Waals surface area (Å²) in [5.41, 5.74) is 5.39. The number of hydrogen-bond donors (Lipinski definition) is 1. The molecule has 3 aromatic rings. The summed E-state index contributed by atoms with van der Waals surface area (Å²) >= 11 is 0. The highest BCUT2D eigenvalue weighted by molar-refractivity contribution is 7.92. The zero-order valence-electron chi connectivity index (χ0n) is 19.6. The van der Waals surface area contributed by atoms with Crippen LogP contribution >= 0.6 is 0 Å². The van der Waals surface area contributed by atoms with Gasteiger partial charge in [-0.25, -0.2) is 8.42 Å². The van der Waals surface area contributed by atoms with Gasteiger partial charge >= 0.3 is 0 Å². The van der Waals surface area contributed by atoms with E-state index in [0.29, 0.717) is 0 Å². The first-order chi connectivity index (χ1) is 16.3. The second-order valence-electron chi connectivity index (χ2n) is 9.55. The summed E-state index contributed by atoms with van der Waals surface area (Å²) in [5.74, 6) is 0.646. The minimum Gasteiger partial charge on any atom is -0.507 e. The van der Waals surface area contributed by atoms with Crippen LogP contribution in [0.2, 0.25) is 0 Å². The Bertz CT molecular complexity index is 1380. The van der Waals surface area contributed by atoms with Gasteiger partial charge in [-0.15, -0.1) is 0 Å². The maximum atomic E-state index is 12.7. The Morgan fingerprint density at radius 3 is 2.47 bits per heavy atom. The number of aromatic hydroxyl groups is 1. The monoisotopic (exact) mass is 474 g/mol. The summed E-state index contributed by atoms with van der Waals surface area (Å²) in [6.07, 6.45) is 3.51. The maximum absolute atomic E-state index is 12.7. The molecule has 176 valence electrons. The summed E-state index contributed by atoms with van der Waals surface area (Å²) in [7, 11) is -3.16.